The zero-order chi connectivity index (χ0) is 15.4. The van der Waals surface area contributed by atoms with Gasteiger partial charge in [0, 0.05) is 24.5 Å². The van der Waals surface area contributed by atoms with Crippen molar-refractivity contribution in [2.24, 2.45) is 5.73 Å². The topological polar surface area (TPSA) is 60.1 Å². The van der Waals surface area contributed by atoms with E-state index in [4.69, 9.17) is 5.73 Å². The summed E-state index contributed by atoms with van der Waals surface area (Å²) in [5, 5.41) is 2.87. The number of hydrogen-bond donors (Lipinski definition) is 2. The maximum Gasteiger partial charge on any atom is 0.251 e. The van der Waals surface area contributed by atoms with Gasteiger partial charge in [0.05, 0.1) is 17.8 Å². The van der Waals surface area contributed by atoms with E-state index in [1.54, 1.807) is 0 Å². The number of primary amides is 1. The molecule has 2 aromatic rings. The Labute approximate surface area is 121 Å². The van der Waals surface area contributed by atoms with Crippen molar-refractivity contribution in [3.63, 3.8) is 0 Å². The molecule has 0 unspecified atom stereocenters. The van der Waals surface area contributed by atoms with Crippen LogP contribution in [0.3, 0.4) is 0 Å². The summed E-state index contributed by atoms with van der Waals surface area (Å²) in [5.41, 5.74) is 5.75. The molecule has 0 fully saturated rings. The van der Waals surface area contributed by atoms with E-state index in [0.29, 0.717) is 12.6 Å². The van der Waals surface area contributed by atoms with Gasteiger partial charge in [-0.2, -0.15) is 0 Å². The number of amides is 1. The monoisotopic (exact) mass is 293 g/mol. The van der Waals surface area contributed by atoms with Crippen LogP contribution in [0.15, 0.2) is 30.5 Å². The van der Waals surface area contributed by atoms with Gasteiger partial charge >= 0.3 is 0 Å². The minimum absolute atomic E-state index is 0.0504. The molecule has 4 nitrogen and oxygen atoms in total. The maximum absolute atomic E-state index is 13.7. The number of nitrogens with two attached hydrogens (primary N) is 1. The normalized spacial score (nSPS) is 10.6. The molecule has 3 N–H and O–H groups in total. The number of nitrogens with zero attached hydrogens (tertiary/aromatic N) is 1. The van der Waals surface area contributed by atoms with Crippen molar-refractivity contribution in [2.45, 2.75) is 26.4 Å². The molecule has 0 aliphatic carbocycles. The highest BCUT2D eigenvalue weighted by molar-refractivity contribution is 5.94. The van der Waals surface area contributed by atoms with Gasteiger partial charge in [0.25, 0.3) is 5.91 Å². The number of hydrogen-bond acceptors (Lipinski definition) is 2. The van der Waals surface area contributed by atoms with Crippen LogP contribution in [0.5, 0.6) is 0 Å². The van der Waals surface area contributed by atoms with E-state index in [1.807, 2.05) is 22.9 Å². The molecule has 0 aliphatic rings. The highest BCUT2D eigenvalue weighted by Gasteiger charge is 2.14. The number of carbonyl (C=O) groups excluding carboxylic acids is 1. The lowest BCUT2D eigenvalue weighted by molar-refractivity contribution is 0.0996. The molecule has 0 atom stereocenters. The van der Waals surface area contributed by atoms with Crippen molar-refractivity contribution in [3.05, 3.63) is 53.4 Å². The fraction of sp³-hybridized carbons (Fsp3) is 0.267. The number of halogens is 2. The molecule has 0 spiro atoms. The van der Waals surface area contributed by atoms with E-state index in [2.05, 4.69) is 12.2 Å². The summed E-state index contributed by atoms with van der Waals surface area (Å²) in [6, 6.07) is 5.58. The zero-order valence-electron chi connectivity index (χ0n) is 11.7. The number of carbonyl (C=O) groups is 1. The van der Waals surface area contributed by atoms with E-state index in [1.165, 1.54) is 0 Å². The Hall–Kier alpha value is -2.37. The van der Waals surface area contributed by atoms with Crippen molar-refractivity contribution in [1.82, 2.24) is 4.57 Å². The minimum Gasteiger partial charge on any atom is -0.377 e. The van der Waals surface area contributed by atoms with E-state index in [0.717, 1.165) is 24.7 Å². The molecule has 0 aliphatic heterocycles. The number of rotatable bonds is 6. The second-order valence-electron chi connectivity index (χ2n) is 4.72. The standard InChI is InChI=1S/C15H17F2N3O/c1-2-5-20-6-3-4-10(20)9-19-14-7-11(15(18)21)12(16)8-13(14)17/h3-4,6-8,19H,2,5,9H2,1H3,(H2,18,21). The van der Waals surface area contributed by atoms with Crippen LogP contribution in [-0.4, -0.2) is 10.5 Å². The highest BCUT2D eigenvalue weighted by Crippen LogP contribution is 2.20. The maximum atomic E-state index is 13.7. The molecule has 1 aromatic heterocycles. The third-order valence-corrected chi connectivity index (χ3v) is 3.17. The molecule has 0 saturated heterocycles. The van der Waals surface area contributed by atoms with Crippen molar-refractivity contribution < 1.29 is 13.6 Å². The molecule has 112 valence electrons. The third kappa shape index (κ3) is 3.39. The van der Waals surface area contributed by atoms with Crippen LogP contribution in [0.4, 0.5) is 14.5 Å². The second kappa shape index (κ2) is 6.39. The molecule has 21 heavy (non-hydrogen) atoms. The van der Waals surface area contributed by atoms with Gasteiger partial charge in [-0.1, -0.05) is 6.92 Å². The molecule has 0 radical (unpaired) electrons. The fourth-order valence-corrected chi connectivity index (χ4v) is 2.13. The summed E-state index contributed by atoms with van der Waals surface area (Å²) in [5.74, 6) is -2.64. The average molecular weight is 293 g/mol. The zero-order valence-corrected chi connectivity index (χ0v) is 11.7. The van der Waals surface area contributed by atoms with Gasteiger partial charge in [-0.05, 0) is 24.6 Å². The highest BCUT2D eigenvalue weighted by atomic mass is 19.1. The van der Waals surface area contributed by atoms with Gasteiger partial charge in [0.15, 0.2) is 0 Å². The lowest BCUT2D eigenvalue weighted by atomic mass is 10.1. The van der Waals surface area contributed by atoms with Crippen LogP contribution in [-0.2, 0) is 13.1 Å². The van der Waals surface area contributed by atoms with Gasteiger partial charge < -0.3 is 15.6 Å². The number of aryl methyl sites for hydroxylation is 1. The predicted molar refractivity (Wildman–Crippen MR) is 76.9 cm³/mol. The third-order valence-electron chi connectivity index (χ3n) is 3.17. The SMILES string of the molecule is CCCn1cccc1CNc1cc(C(N)=O)c(F)cc1F. The largest absolute Gasteiger partial charge is 0.377 e. The quantitative estimate of drug-likeness (QED) is 0.860. The Morgan fingerprint density at radius 3 is 2.76 bits per heavy atom. The van der Waals surface area contributed by atoms with Crippen molar-refractivity contribution in [1.29, 1.82) is 0 Å². The molecule has 0 saturated carbocycles. The number of anilines is 1. The minimum atomic E-state index is -0.958. The van der Waals surface area contributed by atoms with Crippen molar-refractivity contribution in [3.8, 4) is 0 Å². The summed E-state index contributed by atoms with van der Waals surface area (Å²) < 4.78 is 29.1. The first kappa shape index (κ1) is 15.0. The van der Waals surface area contributed by atoms with E-state index in [-0.39, 0.29) is 11.3 Å². The van der Waals surface area contributed by atoms with Gasteiger partial charge in [-0.25, -0.2) is 8.78 Å². The predicted octanol–water partition coefficient (Wildman–Crippen LogP) is 2.89. The Morgan fingerprint density at radius 1 is 1.33 bits per heavy atom. The Morgan fingerprint density at radius 2 is 2.10 bits per heavy atom. The molecule has 2 rings (SSSR count). The van der Waals surface area contributed by atoms with Crippen LogP contribution in [0, 0.1) is 11.6 Å². The van der Waals surface area contributed by atoms with Crippen molar-refractivity contribution >= 4 is 11.6 Å². The molecule has 0 bridgehead atoms. The van der Waals surface area contributed by atoms with Crippen LogP contribution in [0.1, 0.15) is 29.4 Å². The number of aromatic nitrogens is 1. The molecule has 1 aromatic carbocycles. The first-order valence-electron chi connectivity index (χ1n) is 6.69. The molecule has 1 heterocycles. The first-order chi connectivity index (χ1) is 10.0. The molecular formula is C15H17F2N3O. The second-order valence-corrected chi connectivity index (χ2v) is 4.72. The van der Waals surface area contributed by atoms with Crippen LogP contribution < -0.4 is 11.1 Å². The lowest BCUT2D eigenvalue weighted by Gasteiger charge is -2.12. The molecule has 1 amide bonds. The van der Waals surface area contributed by atoms with E-state index in [9.17, 15) is 13.6 Å². The summed E-state index contributed by atoms with van der Waals surface area (Å²) in [6.45, 7) is 3.30. The lowest BCUT2D eigenvalue weighted by Crippen LogP contribution is -2.15. The first-order valence-corrected chi connectivity index (χ1v) is 6.69. The molecule has 6 heteroatoms. The van der Waals surface area contributed by atoms with Crippen LogP contribution >= 0.6 is 0 Å². The van der Waals surface area contributed by atoms with Gasteiger partial charge in [0.1, 0.15) is 11.6 Å². The van der Waals surface area contributed by atoms with Gasteiger partial charge in [0.2, 0.25) is 0 Å². The number of nitrogens with one attached hydrogen (secondary N) is 1. The smallest absolute Gasteiger partial charge is 0.251 e. The Bertz CT molecular complexity index is 652. The van der Waals surface area contributed by atoms with Crippen LogP contribution in [0.25, 0.3) is 0 Å². The van der Waals surface area contributed by atoms with E-state index >= 15 is 0 Å². The van der Waals surface area contributed by atoms with E-state index < -0.39 is 17.5 Å². The summed E-state index contributed by atoms with van der Waals surface area (Å²) in [6.07, 6.45) is 2.93. The summed E-state index contributed by atoms with van der Waals surface area (Å²) in [4.78, 5) is 11.1. The van der Waals surface area contributed by atoms with Gasteiger partial charge in [-0.3, -0.25) is 4.79 Å². The Balaban J connectivity index is 2.18. The van der Waals surface area contributed by atoms with Crippen LogP contribution in [0.2, 0.25) is 0 Å². The fourth-order valence-electron chi connectivity index (χ4n) is 2.13. The summed E-state index contributed by atoms with van der Waals surface area (Å²) in [7, 11) is 0. The average Bonchev–Trinajstić information content (AvgIpc) is 2.85. The summed E-state index contributed by atoms with van der Waals surface area (Å²) >= 11 is 0. The number of benzene rings is 1. The van der Waals surface area contributed by atoms with Gasteiger partial charge in [-0.15, -0.1) is 0 Å². The Kier molecular flexibility index (Phi) is 4.57. The molecular weight excluding hydrogens is 276 g/mol. The van der Waals surface area contributed by atoms with Crippen molar-refractivity contribution in [2.75, 3.05) is 5.32 Å².